The molecule has 0 radical (unpaired) electrons. The number of halogens is 2. The zero-order valence-electron chi connectivity index (χ0n) is 9.77. The molecule has 0 saturated heterocycles. The van der Waals surface area contributed by atoms with Gasteiger partial charge >= 0.3 is 0 Å². The molecule has 0 N–H and O–H groups in total. The lowest BCUT2D eigenvalue weighted by atomic mass is 10.3. The van der Waals surface area contributed by atoms with Crippen molar-refractivity contribution in [2.75, 3.05) is 0 Å². The van der Waals surface area contributed by atoms with E-state index >= 15 is 0 Å². The molecule has 0 spiro atoms. The first-order chi connectivity index (χ1) is 8.63. The average Bonchev–Trinajstić information content (AvgIpc) is 2.35. The second-order valence-electron chi connectivity index (χ2n) is 3.71. The summed E-state index contributed by atoms with van der Waals surface area (Å²) in [5.74, 6) is 1.59. The first kappa shape index (κ1) is 13.7. The molecule has 2 rings (SSSR count). The van der Waals surface area contributed by atoms with Crippen molar-refractivity contribution in [3.05, 3.63) is 56.6 Å². The monoisotopic (exact) mass is 418 g/mol. The number of rotatable bonds is 4. The number of hydrogen-bond donors (Lipinski definition) is 0. The molecule has 1 atom stereocenters. The lowest BCUT2D eigenvalue weighted by molar-refractivity contribution is 0.0223. The Hall–Kier alpha value is -0.750. The van der Waals surface area contributed by atoms with Crippen molar-refractivity contribution < 1.29 is 9.47 Å². The summed E-state index contributed by atoms with van der Waals surface area (Å²) in [5.41, 5.74) is 0. The van der Waals surface area contributed by atoms with Crippen molar-refractivity contribution in [2.45, 2.75) is 13.2 Å². The molecule has 0 aliphatic rings. The second kappa shape index (κ2) is 6.43. The standard InChI is InChI=1S/C14H12BrIO2/c1-10(17-13-6-2-11(15)3-7-13)18-14-8-4-12(16)5-9-14/h2-10H,1H3. The first-order valence-electron chi connectivity index (χ1n) is 5.48. The van der Waals surface area contributed by atoms with Gasteiger partial charge in [-0.05, 0) is 71.1 Å². The highest BCUT2D eigenvalue weighted by atomic mass is 127. The highest BCUT2D eigenvalue weighted by molar-refractivity contribution is 14.1. The van der Waals surface area contributed by atoms with E-state index in [9.17, 15) is 0 Å². The minimum atomic E-state index is -0.328. The summed E-state index contributed by atoms with van der Waals surface area (Å²) in [7, 11) is 0. The Bertz CT molecular complexity index is 449. The highest BCUT2D eigenvalue weighted by Crippen LogP contribution is 2.19. The Morgan fingerprint density at radius 2 is 1.33 bits per heavy atom. The third kappa shape index (κ3) is 4.17. The molecular weight excluding hydrogens is 407 g/mol. The Morgan fingerprint density at radius 1 is 0.889 bits per heavy atom. The van der Waals surface area contributed by atoms with Crippen LogP contribution in [-0.4, -0.2) is 6.29 Å². The molecule has 18 heavy (non-hydrogen) atoms. The van der Waals surface area contributed by atoms with E-state index in [1.165, 1.54) is 3.57 Å². The molecule has 0 aliphatic carbocycles. The van der Waals surface area contributed by atoms with Crippen LogP contribution in [0.5, 0.6) is 11.5 Å². The molecule has 0 saturated carbocycles. The molecule has 4 heteroatoms. The van der Waals surface area contributed by atoms with Gasteiger partial charge in [-0.15, -0.1) is 0 Å². The molecule has 0 bridgehead atoms. The van der Waals surface area contributed by atoms with Crippen LogP contribution in [0.3, 0.4) is 0 Å². The van der Waals surface area contributed by atoms with Crippen LogP contribution in [0.25, 0.3) is 0 Å². The van der Waals surface area contributed by atoms with Gasteiger partial charge in [-0.3, -0.25) is 0 Å². The van der Waals surface area contributed by atoms with Gasteiger partial charge in [0.25, 0.3) is 0 Å². The summed E-state index contributed by atoms with van der Waals surface area (Å²) in [6, 6.07) is 15.5. The summed E-state index contributed by atoms with van der Waals surface area (Å²) in [5, 5.41) is 0. The van der Waals surface area contributed by atoms with Crippen molar-refractivity contribution in [1.29, 1.82) is 0 Å². The first-order valence-corrected chi connectivity index (χ1v) is 7.35. The van der Waals surface area contributed by atoms with Gasteiger partial charge in [0.2, 0.25) is 6.29 Å². The van der Waals surface area contributed by atoms with Crippen LogP contribution in [0.1, 0.15) is 6.92 Å². The maximum atomic E-state index is 5.67. The Kier molecular flexibility index (Phi) is 4.88. The molecule has 94 valence electrons. The summed E-state index contributed by atoms with van der Waals surface area (Å²) < 4.78 is 13.5. The summed E-state index contributed by atoms with van der Waals surface area (Å²) in [6.07, 6.45) is -0.328. The number of ether oxygens (including phenoxy) is 2. The van der Waals surface area contributed by atoms with Gasteiger partial charge in [-0.2, -0.15) is 0 Å². The summed E-state index contributed by atoms with van der Waals surface area (Å²) >= 11 is 5.65. The molecule has 0 fully saturated rings. The van der Waals surface area contributed by atoms with Crippen LogP contribution < -0.4 is 9.47 Å². The Balaban J connectivity index is 1.94. The van der Waals surface area contributed by atoms with E-state index in [-0.39, 0.29) is 6.29 Å². The van der Waals surface area contributed by atoms with Crippen molar-refractivity contribution >= 4 is 38.5 Å². The number of hydrogen-bond acceptors (Lipinski definition) is 2. The fourth-order valence-electron chi connectivity index (χ4n) is 1.43. The molecule has 2 nitrogen and oxygen atoms in total. The predicted molar refractivity (Wildman–Crippen MR) is 84.0 cm³/mol. The quantitative estimate of drug-likeness (QED) is 0.521. The van der Waals surface area contributed by atoms with Gasteiger partial charge < -0.3 is 9.47 Å². The van der Waals surface area contributed by atoms with Gasteiger partial charge in [-0.1, -0.05) is 15.9 Å². The molecule has 0 amide bonds. The minimum Gasteiger partial charge on any atom is -0.455 e. The molecule has 0 aliphatic heterocycles. The van der Waals surface area contributed by atoms with Crippen LogP contribution in [0.4, 0.5) is 0 Å². The molecular formula is C14H12BrIO2. The van der Waals surface area contributed by atoms with Crippen molar-refractivity contribution in [2.24, 2.45) is 0 Å². The maximum absolute atomic E-state index is 5.67. The summed E-state index contributed by atoms with van der Waals surface area (Å²) in [4.78, 5) is 0. The lowest BCUT2D eigenvalue weighted by Gasteiger charge is -2.16. The van der Waals surface area contributed by atoms with E-state index in [0.717, 1.165) is 16.0 Å². The van der Waals surface area contributed by atoms with E-state index < -0.39 is 0 Å². The Labute approximate surface area is 129 Å². The molecule has 1 unspecified atom stereocenters. The van der Waals surface area contributed by atoms with E-state index in [1.807, 2.05) is 55.5 Å². The van der Waals surface area contributed by atoms with Crippen LogP contribution in [0.2, 0.25) is 0 Å². The third-order valence-corrected chi connectivity index (χ3v) is 3.48. The van der Waals surface area contributed by atoms with E-state index in [1.54, 1.807) is 0 Å². The minimum absolute atomic E-state index is 0.328. The lowest BCUT2D eigenvalue weighted by Crippen LogP contribution is -2.19. The van der Waals surface area contributed by atoms with E-state index in [4.69, 9.17) is 9.47 Å². The summed E-state index contributed by atoms with van der Waals surface area (Å²) in [6.45, 7) is 1.88. The fraction of sp³-hybridized carbons (Fsp3) is 0.143. The van der Waals surface area contributed by atoms with Gasteiger partial charge in [0, 0.05) is 15.0 Å². The Morgan fingerprint density at radius 3 is 1.83 bits per heavy atom. The molecule has 2 aromatic rings. The largest absolute Gasteiger partial charge is 0.455 e. The molecule has 0 aromatic heterocycles. The van der Waals surface area contributed by atoms with Crippen LogP contribution in [-0.2, 0) is 0 Å². The second-order valence-corrected chi connectivity index (χ2v) is 5.87. The zero-order valence-corrected chi connectivity index (χ0v) is 13.5. The highest BCUT2D eigenvalue weighted by Gasteiger charge is 2.05. The zero-order chi connectivity index (χ0) is 13.0. The van der Waals surface area contributed by atoms with Crippen LogP contribution in [0.15, 0.2) is 53.0 Å². The van der Waals surface area contributed by atoms with Gasteiger partial charge in [0.05, 0.1) is 0 Å². The van der Waals surface area contributed by atoms with Crippen LogP contribution >= 0.6 is 38.5 Å². The molecule has 2 aromatic carbocycles. The van der Waals surface area contributed by atoms with Crippen molar-refractivity contribution in [3.8, 4) is 11.5 Å². The number of benzene rings is 2. The van der Waals surface area contributed by atoms with Gasteiger partial charge in [0.1, 0.15) is 11.5 Å². The maximum Gasteiger partial charge on any atom is 0.238 e. The smallest absolute Gasteiger partial charge is 0.238 e. The SMILES string of the molecule is CC(Oc1ccc(Br)cc1)Oc1ccc(I)cc1. The average molecular weight is 419 g/mol. The van der Waals surface area contributed by atoms with Crippen molar-refractivity contribution in [3.63, 3.8) is 0 Å². The van der Waals surface area contributed by atoms with Gasteiger partial charge in [0.15, 0.2) is 0 Å². The van der Waals surface area contributed by atoms with Crippen molar-refractivity contribution in [1.82, 2.24) is 0 Å². The van der Waals surface area contributed by atoms with Crippen LogP contribution in [0, 0.1) is 3.57 Å². The normalized spacial score (nSPS) is 11.9. The third-order valence-electron chi connectivity index (χ3n) is 2.23. The van der Waals surface area contributed by atoms with E-state index in [0.29, 0.717) is 0 Å². The van der Waals surface area contributed by atoms with E-state index in [2.05, 4.69) is 38.5 Å². The molecule has 0 heterocycles. The van der Waals surface area contributed by atoms with Gasteiger partial charge in [-0.25, -0.2) is 0 Å². The fourth-order valence-corrected chi connectivity index (χ4v) is 2.06. The topological polar surface area (TPSA) is 18.5 Å². The predicted octanol–water partition coefficient (Wildman–Crippen LogP) is 4.86.